The number of sulfonamides is 1. The van der Waals surface area contributed by atoms with Crippen LogP contribution in [-0.2, 0) is 14.8 Å². The molecule has 0 bridgehead atoms. The highest BCUT2D eigenvalue weighted by molar-refractivity contribution is 7.89. The average molecular weight is 304 g/mol. The second-order valence-corrected chi connectivity index (χ2v) is 5.88. The van der Waals surface area contributed by atoms with Crippen LogP contribution in [0.4, 0.5) is 5.69 Å². The van der Waals surface area contributed by atoms with E-state index in [2.05, 4.69) is 4.72 Å². The minimum absolute atomic E-state index is 0.0402. The Bertz CT molecular complexity index is 559. The third-order valence-corrected chi connectivity index (χ3v) is 4.21. The van der Waals surface area contributed by atoms with E-state index in [4.69, 9.17) is 19.9 Å². The Kier molecular flexibility index (Phi) is 5.61. The first kappa shape index (κ1) is 16.5. The van der Waals surface area contributed by atoms with E-state index in [0.29, 0.717) is 5.75 Å². The van der Waals surface area contributed by atoms with Gasteiger partial charge in [-0.1, -0.05) is 0 Å². The van der Waals surface area contributed by atoms with Crippen LogP contribution < -0.4 is 19.9 Å². The predicted molar refractivity (Wildman–Crippen MR) is 75.6 cm³/mol. The van der Waals surface area contributed by atoms with Gasteiger partial charge in [-0.25, -0.2) is 13.1 Å². The number of methoxy groups -OCH3 is 3. The van der Waals surface area contributed by atoms with Gasteiger partial charge in [-0.2, -0.15) is 0 Å². The van der Waals surface area contributed by atoms with E-state index in [9.17, 15) is 8.42 Å². The number of rotatable bonds is 7. The smallest absolute Gasteiger partial charge is 0.244 e. The van der Waals surface area contributed by atoms with Crippen LogP contribution in [0.25, 0.3) is 0 Å². The average Bonchev–Trinajstić information content (AvgIpc) is 2.44. The normalized spacial score (nSPS) is 13.0. The highest BCUT2D eigenvalue weighted by Gasteiger charge is 2.22. The van der Waals surface area contributed by atoms with Gasteiger partial charge in [0.1, 0.15) is 16.4 Å². The van der Waals surface area contributed by atoms with Crippen LogP contribution in [-0.4, -0.2) is 42.4 Å². The van der Waals surface area contributed by atoms with E-state index in [1.54, 1.807) is 6.92 Å². The Morgan fingerprint density at radius 3 is 2.30 bits per heavy atom. The molecule has 1 atom stereocenters. The topological polar surface area (TPSA) is 99.9 Å². The summed E-state index contributed by atoms with van der Waals surface area (Å²) in [6, 6.07) is 2.74. The maximum atomic E-state index is 12.2. The van der Waals surface area contributed by atoms with Gasteiger partial charge in [-0.05, 0) is 13.0 Å². The summed E-state index contributed by atoms with van der Waals surface area (Å²) in [4.78, 5) is -0.0402. The molecule has 8 heteroatoms. The van der Waals surface area contributed by atoms with E-state index in [1.807, 2.05) is 0 Å². The molecule has 0 amide bonds. The van der Waals surface area contributed by atoms with Crippen molar-refractivity contribution in [3.8, 4) is 11.5 Å². The largest absolute Gasteiger partial charge is 0.495 e. The molecule has 0 aliphatic heterocycles. The minimum atomic E-state index is -3.75. The molecule has 0 aromatic heterocycles. The maximum Gasteiger partial charge on any atom is 0.244 e. The van der Waals surface area contributed by atoms with Gasteiger partial charge in [0.2, 0.25) is 10.0 Å². The predicted octanol–water partition coefficient (Wildman–Crippen LogP) is 0.599. The summed E-state index contributed by atoms with van der Waals surface area (Å²) in [5.41, 5.74) is 5.95. The Morgan fingerprint density at radius 1 is 1.20 bits per heavy atom. The number of hydrogen-bond acceptors (Lipinski definition) is 6. The summed E-state index contributed by atoms with van der Waals surface area (Å²) in [7, 11) is 0.578. The van der Waals surface area contributed by atoms with Gasteiger partial charge in [0, 0.05) is 19.7 Å². The van der Waals surface area contributed by atoms with Crippen molar-refractivity contribution in [3.05, 3.63) is 12.1 Å². The van der Waals surface area contributed by atoms with Crippen molar-refractivity contribution in [1.82, 2.24) is 4.72 Å². The molecule has 1 rings (SSSR count). The third-order valence-electron chi connectivity index (χ3n) is 2.77. The van der Waals surface area contributed by atoms with Crippen molar-refractivity contribution >= 4 is 15.7 Å². The molecule has 0 radical (unpaired) electrons. The molecule has 3 N–H and O–H groups in total. The molecular formula is C12H20N2O5S. The van der Waals surface area contributed by atoms with E-state index in [0.717, 1.165) is 0 Å². The molecule has 1 aromatic carbocycles. The van der Waals surface area contributed by atoms with Gasteiger partial charge in [-0.15, -0.1) is 0 Å². The molecule has 0 saturated heterocycles. The van der Waals surface area contributed by atoms with Crippen molar-refractivity contribution in [2.45, 2.75) is 17.9 Å². The molecule has 7 nitrogen and oxygen atoms in total. The summed E-state index contributed by atoms with van der Waals surface area (Å²) in [5.74, 6) is 0.514. The summed E-state index contributed by atoms with van der Waals surface area (Å²) in [6.07, 6.45) is -0.244. The fourth-order valence-electron chi connectivity index (χ4n) is 1.49. The van der Waals surface area contributed by atoms with Gasteiger partial charge in [-0.3, -0.25) is 0 Å². The monoisotopic (exact) mass is 304 g/mol. The lowest BCUT2D eigenvalue weighted by molar-refractivity contribution is 0.122. The zero-order valence-corrected chi connectivity index (χ0v) is 12.8. The Labute approximate surface area is 119 Å². The second kappa shape index (κ2) is 6.78. The van der Waals surface area contributed by atoms with Gasteiger partial charge >= 0.3 is 0 Å². The van der Waals surface area contributed by atoms with Crippen LogP contribution in [0.2, 0.25) is 0 Å². The van der Waals surface area contributed by atoms with E-state index < -0.39 is 10.0 Å². The fourth-order valence-corrected chi connectivity index (χ4v) is 2.79. The standard InChI is InChI=1S/C12H20N2O5S/c1-8(17-2)7-14-20(15,16)12-5-9(13)10(18-3)6-11(12)19-4/h5-6,8,14H,7,13H2,1-4H3. The molecule has 114 valence electrons. The van der Waals surface area contributed by atoms with Crippen LogP contribution in [0.5, 0.6) is 11.5 Å². The quantitative estimate of drug-likeness (QED) is 0.716. The molecule has 0 aliphatic carbocycles. The fraction of sp³-hybridized carbons (Fsp3) is 0.500. The van der Waals surface area contributed by atoms with Crippen molar-refractivity contribution in [1.29, 1.82) is 0 Å². The zero-order valence-electron chi connectivity index (χ0n) is 12.0. The molecular weight excluding hydrogens is 284 g/mol. The number of nitrogens with one attached hydrogen (secondary N) is 1. The molecule has 0 fully saturated rings. The summed E-state index contributed by atoms with van der Waals surface area (Å²) >= 11 is 0. The Hall–Kier alpha value is -1.51. The molecule has 0 aliphatic rings. The van der Waals surface area contributed by atoms with Gasteiger partial charge < -0.3 is 19.9 Å². The number of benzene rings is 1. The van der Waals surface area contributed by atoms with Gasteiger partial charge in [0.25, 0.3) is 0 Å². The Balaban J connectivity index is 3.14. The third kappa shape index (κ3) is 3.75. The molecule has 1 unspecified atom stereocenters. The highest BCUT2D eigenvalue weighted by atomic mass is 32.2. The summed E-state index contributed by atoms with van der Waals surface area (Å²) in [5, 5.41) is 0. The van der Waals surface area contributed by atoms with Crippen molar-refractivity contribution in [2.24, 2.45) is 0 Å². The van der Waals surface area contributed by atoms with Crippen LogP contribution in [0.1, 0.15) is 6.92 Å². The lowest BCUT2D eigenvalue weighted by Crippen LogP contribution is -2.31. The van der Waals surface area contributed by atoms with E-state index in [1.165, 1.54) is 33.5 Å². The van der Waals surface area contributed by atoms with E-state index >= 15 is 0 Å². The molecule has 0 spiro atoms. The SMILES string of the molecule is COc1cc(OC)c(S(=O)(=O)NCC(C)OC)cc1N. The first-order chi connectivity index (χ1) is 9.35. The van der Waals surface area contributed by atoms with E-state index in [-0.39, 0.29) is 29.0 Å². The molecule has 20 heavy (non-hydrogen) atoms. The Morgan fingerprint density at radius 2 is 1.80 bits per heavy atom. The van der Waals surface area contributed by atoms with Crippen LogP contribution in [0.15, 0.2) is 17.0 Å². The first-order valence-corrected chi connectivity index (χ1v) is 7.38. The highest BCUT2D eigenvalue weighted by Crippen LogP contribution is 2.33. The van der Waals surface area contributed by atoms with Gasteiger partial charge in [0.15, 0.2) is 0 Å². The van der Waals surface area contributed by atoms with Crippen molar-refractivity contribution in [2.75, 3.05) is 33.6 Å². The molecule has 0 heterocycles. The number of nitrogen functional groups attached to an aromatic ring is 1. The van der Waals surface area contributed by atoms with Crippen molar-refractivity contribution in [3.63, 3.8) is 0 Å². The zero-order chi connectivity index (χ0) is 15.3. The molecule has 0 saturated carbocycles. The second-order valence-electron chi connectivity index (χ2n) is 4.14. The number of nitrogens with two attached hydrogens (primary N) is 1. The summed E-state index contributed by atoms with van der Waals surface area (Å²) < 4.78 is 42.0. The number of ether oxygens (including phenoxy) is 3. The van der Waals surface area contributed by atoms with Crippen LogP contribution >= 0.6 is 0 Å². The minimum Gasteiger partial charge on any atom is -0.495 e. The lowest BCUT2D eigenvalue weighted by Gasteiger charge is -2.15. The van der Waals surface area contributed by atoms with Crippen molar-refractivity contribution < 1.29 is 22.6 Å². The number of hydrogen-bond donors (Lipinski definition) is 2. The first-order valence-electron chi connectivity index (χ1n) is 5.89. The maximum absolute atomic E-state index is 12.2. The van der Waals surface area contributed by atoms with Crippen LogP contribution in [0.3, 0.4) is 0 Å². The molecule has 1 aromatic rings. The number of anilines is 1. The summed E-state index contributed by atoms with van der Waals surface area (Å²) in [6.45, 7) is 1.90. The van der Waals surface area contributed by atoms with Crippen LogP contribution in [0, 0.1) is 0 Å². The van der Waals surface area contributed by atoms with Gasteiger partial charge in [0.05, 0.1) is 26.0 Å². The lowest BCUT2D eigenvalue weighted by atomic mass is 10.3.